The topological polar surface area (TPSA) is 76.9 Å². The molecule has 0 spiro atoms. The zero-order chi connectivity index (χ0) is 16.6. The maximum atomic E-state index is 12.5. The van der Waals surface area contributed by atoms with Gasteiger partial charge in [-0.3, -0.25) is 14.2 Å². The van der Waals surface area contributed by atoms with E-state index in [4.69, 9.17) is 0 Å². The molecule has 0 unspecified atom stereocenters. The molecule has 23 heavy (non-hydrogen) atoms. The Kier molecular flexibility index (Phi) is 3.96. The minimum absolute atomic E-state index is 0.0916. The highest BCUT2D eigenvalue weighted by Gasteiger charge is 2.13. The molecule has 0 atom stereocenters. The van der Waals surface area contributed by atoms with E-state index in [0.29, 0.717) is 16.0 Å². The summed E-state index contributed by atoms with van der Waals surface area (Å²) in [7, 11) is 0. The Balaban J connectivity index is 1.85. The molecule has 0 saturated carbocycles. The van der Waals surface area contributed by atoms with E-state index in [2.05, 4.69) is 15.3 Å². The van der Waals surface area contributed by atoms with Crippen LogP contribution in [0.4, 0.5) is 5.82 Å². The number of pyridine rings is 1. The summed E-state index contributed by atoms with van der Waals surface area (Å²) in [6.07, 6.45) is 3.09. The smallest absolute Gasteiger partial charge is 0.262 e. The summed E-state index contributed by atoms with van der Waals surface area (Å²) in [6, 6.07) is 3.59. The summed E-state index contributed by atoms with van der Waals surface area (Å²) < 4.78 is 1.32. The second-order valence-corrected chi connectivity index (χ2v) is 6.61. The van der Waals surface area contributed by atoms with Crippen LogP contribution < -0.4 is 10.9 Å². The lowest BCUT2D eigenvalue weighted by atomic mass is 10.2. The Hall–Kier alpha value is -2.54. The number of hydrogen-bond acceptors (Lipinski definition) is 5. The first-order chi connectivity index (χ1) is 11.0. The Morgan fingerprint density at radius 3 is 2.74 bits per heavy atom. The van der Waals surface area contributed by atoms with Gasteiger partial charge in [0.15, 0.2) is 0 Å². The molecule has 0 aromatic carbocycles. The van der Waals surface area contributed by atoms with Gasteiger partial charge in [-0.1, -0.05) is 6.07 Å². The van der Waals surface area contributed by atoms with Crippen LogP contribution in [-0.4, -0.2) is 20.4 Å². The first-order valence-corrected chi connectivity index (χ1v) is 7.95. The van der Waals surface area contributed by atoms with Crippen molar-refractivity contribution in [2.45, 2.75) is 27.3 Å². The summed E-state index contributed by atoms with van der Waals surface area (Å²) in [5, 5.41) is 3.27. The van der Waals surface area contributed by atoms with Crippen molar-refractivity contribution in [3.8, 4) is 0 Å². The van der Waals surface area contributed by atoms with Crippen molar-refractivity contribution in [2.24, 2.45) is 0 Å². The van der Waals surface area contributed by atoms with Gasteiger partial charge in [-0.15, -0.1) is 11.3 Å². The van der Waals surface area contributed by atoms with Crippen LogP contribution in [0.1, 0.15) is 16.0 Å². The van der Waals surface area contributed by atoms with Gasteiger partial charge in [0.2, 0.25) is 5.91 Å². The van der Waals surface area contributed by atoms with E-state index >= 15 is 0 Å². The second-order valence-electron chi connectivity index (χ2n) is 5.41. The van der Waals surface area contributed by atoms with Crippen LogP contribution in [0.15, 0.2) is 29.5 Å². The Labute approximate surface area is 136 Å². The third-order valence-electron chi connectivity index (χ3n) is 3.65. The van der Waals surface area contributed by atoms with Crippen LogP contribution in [0.3, 0.4) is 0 Å². The zero-order valence-electron chi connectivity index (χ0n) is 13.1. The Morgan fingerprint density at radius 2 is 2.04 bits per heavy atom. The van der Waals surface area contributed by atoms with Crippen molar-refractivity contribution in [3.63, 3.8) is 0 Å². The molecular formula is C16H16N4O2S. The molecule has 3 heterocycles. The quantitative estimate of drug-likeness (QED) is 0.801. The second kappa shape index (κ2) is 5.92. The lowest BCUT2D eigenvalue weighted by Gasteiger charge is -2.07. The molecule has 1 amide bonds. The third kappa shape index (κ3) is 3.00. The molecule has 0 aliphatic rings. The number of fused-ring (bicyclic) bond motifs is 1. The average Bonchev–Trinajstić information content (AvgIpc) is 2.80. The van der Waals surface area contributed by atoms with Gasteiger partial charge in [0.1, 0.15) is 17.2 Å². The van der Waals surface area contributed by atoms with Gasteiger partial charge in [0, 0.05) is 11.1 Å². The number of carbonyl (C=O) groups is 1. The van der Waals surface area contributed by atoms with Gasteiger partial charge in [0.05, 0.1) is 11.7 Å². The monoisotopic (exact) mass is 328 g/mol. The zero-order valence-corrected chi connectivity index (χ0v) is 13.9. The molecule has 0 fully saturated rings. The highest BCUT2D eigenvalue weighted by Crippen LogP contribution is 2.25. The third-order valence-corrected chi connectivity index (χ3v) is 4.76. The van der Waals surface area contributed by atoms with Crippen LogP contribution in [0.5, 0.6) is 0 Å². The number of rotatable bonds is 3. The maximum Gasteiger partial charge on any atom is 0.262 e. The molecule has 6 nitrogen and oxygen atoms in total. The van der Waals surface area contributed by atoms with E-state index in [0.717, 1.165) is 16.0 Å². The number of aromatic nitrogens is 3. The molecule has 3 aromatic heterocycles. The van der Waals surface area contributed by atoms with Crippen LogP contribution in [0, 0.1) is 20.8 Å². The molecular weight excluding hydrogens is 312 g/mol. The van der Waals surface area contributed by atoms with Gasteiger partial charge in [0.25, 0.3) is 5.56 Å². The molecule has 3 aromatic rings. The average molecular weight is 328 g/mol. The highest BCUT2D eigenvalue weighted by molar-refractivity contribution is 7.18. The van der Waals surface area contributed by atoms with Gasteiger partial charge in [-0.05, 0) is 38.0 Å². The summed E-state index contributed by atoms with van der Waals surface area (Å²) >= 11 is 1.49. The van der Waals surface area contributed by atoms with E-state index in [1.54, 1.807) is 12.3 Å². The number of amides is 1. The molecule has 3 rings (SSSR count). The predicted octanol–water partition coefficient (Wildman–Crippen LogP) is 2.42. The minimum atomic E-state index is -0.311. The number of thiophene rings is 1. The lowest BCUT2D eigenvalue weighted by molar-refractivity contribution is -0.116. The van der Waals surface area contributed by atoms with Crippen molar-refractivity contribution in [1.82, 2.24) is 14.5 Å². The van der Waals surface area contributed by atoms with Gasteiger partial charge < -0.3 is 5.32 Å². The normalized spacial score (nSPS) is 10.9. The molecule has 0 aliphatic carbocycles. The number of nitrogens with zero attached hydrogens (tertiary/aromatic N) is 3. The number of aryl methyl sites for hydroxylation is 3. The van der Waals surface area contributed by atoms with Crippen molar-refractivity contribution in [2.75, 3.05) is 5.32 Å². The van der Waals surface area contributed by atoms with Gasteiger partial charge in [-0.25, -0.2) is 9.97 Å². The number of anilines is 1. The maximum absolute atomic E-state index is 12.5. The molecule has 0 radical (unpaired) electrons. The molecule has 0 saturated heterocycles. The fourth-order valence-corrected chi connectivity index (χ4v) is 3.25. The van der Waals surface area contributed by atoms with Crippen LogP contribution >= 0.6 is 11.3 Å². The van der Waals surface area contributed by atoms with E-state index in [1.807, 2.05) is 26.8 Å². The molecule has 0 bridgehead atoms. The fourth-order valence-electron chi connectivity index (χ4n) is 2.26. The van der Waals surface area contributed by atoms with Crippen molar-refractivity contribution >= 4 is 33.3 Å². The van der Waals surface area contributed by atoms with Crippen molar-refractivity contribution < 1.29 is 4.79 Å². The number of hydrogen-bond donors (Lipinski definition) is 1. The largest absolute Gasteiger partial charge is 0.309 e. The highest BCUT2D eigenvalue weighted by atomic mass is 32.1. The van der Waals surface area contributed by atoms with Crippen molar-refractivity contribution in [1.29, 1.82) is 0 Å². The van der Waals surface area contributed by atoms with E-state index in [9.17, 15) is 9.59 Å². The Bertz CT molecular complexity index is 941. The van der Waals surface area contributed by atoms with E-state index in [-0.39, 0.29) is 18.0 Å². The predicted molar refractivity (Wildman–Crippen MR) is 91.0 cm³/mol. The fraction of sp³-hybridized carbons (Fsp3) is 0.250. The molecule has 1 N–H and O–H groups in total. The summed E-state index contributed by atoms with van der Waals surface area (Å²) in [6.45, 7) is 5.69. The molecule has 118 valence electrons. The lowest BCUT2D eigenvalue weighted by Crippen LogP contribution is -2.28. The van der Waals surface area contributed by atoms with E-state index < -0.39 is 0 Å². The van der Waals surface area contributed by atoms with Gasteiger partial charge in [-0.2, -0.15) is 0 Å². The van der Waals surface area contributed by atoms with Crippen LogP contribution in [0.25, 0.3) is 10.2 Å². The standard InChI is InChI=1S/C16H16N4O2S/c1-9-4-5-12(17-6-9)19-13(21)7-20-8-18-15-14(16(20)22)10(2)11(3)23-15/h4-6,8H,7H2,1-3H3,(H,17,19,21). The first-order valence-electron chi connectivity index (χ1n) is 7.13. The number of nitrogens with one attached hydrogen (secondary N) is 1. The van der Waals surface area contributed by atoms with E-state index in [1.165, 1.54) is 22.2 Å². The SMILES string of the molecule is Cc1ccc(NC(=O)Cn2cnc3sc(C)c(C)c3c2=O)nc1. The van der Waals surface area contributed by atoms with Crippen LogP contribution in [-0.2, 0) is 11.3 Å². The summed E-state index contributed by atoms with van der Waals surface area (Å²) in [4.78, 5) is 34.8. The van der Waals surface area contributed by atoms with Gasteiger partial charge >= 0.3 is 0 Å². The van der Waals surface area contributed by atoms with Crippen molar-refractivity contribution in [3.05, 3.63) is 51.0 Å². The molecule has 0 aliphatic heterocycles. The molecule has 7 heteroatoms. The summed E-state index contributed by atoms with van der Waals surface area (Å²) in [5.74, 6) is 0.152. The minimum Gasteiger partial charge on any atom is -0.309 e. The Morgan fingerprint density at radius 1 is 1.26 bits per heavy atom. The number of carbonyl (C=O) groups excluding carboxylic acids is 1. The summed E-state index contributed by atoms with van der Waals surface area (Å²) in [5.41, 5.74) is 1.75. The van der Waals surface area contributed by atoms with Crippen LogP contribution in [0.2, 0.25) is 0 Å². The first kappa shape index (κ1) is 15.4.